The molecule has 1 aliphatic rings. The first kappa shape index (κ1) is 26.0. The average Bonchev–Trinajstić information content (AvgIpc) is 2.88. The molecule has 5 nitrogen and oxygen atoms in total. The predicted molar refractivity (Wildman–Crippen MR) is 159 cm³/mol. The lowest BCUT2D eigenvalue weighted by Crippen LogP contribution is -2.25. The van der Waals surface area contributed by atoms with Crippen molar-refractivity contribution in [2.45, 2.75) is 4.90 Å². The van der Waals surface area contributed by atoms with Gasteiger partial charge in [-0.1, -0.05) is 109 Å². The van der Waals surface area contributed by atoms with Crippen LogP contribution in [-0.2, 0) is 9.92 Å². The molecule has 0 saturated heterocycles. The maximum atomic E-state index is 14.1. The van der Waals surface area contributed by atoms with E-state index in [-0.39, 0.29) is 0 Å². The SMILES string of the molecule is O=S1(c2ccccc2)=NP(Cl)(N=P(c2ccccc2)(c2ccccc2)c2ccccc2)=NP(Cl)(Cl)=N1. The summed E-state index contributed by atoms with van der Waals surface area (Å²) in [5.74, 6) is -3.44. The van der Waals surface area contributed by atoms with Crippen LogP contribution in [0.5, 0.6) is 0 Å². The summed E-state index contributed by atoms with van der Waals surface area (Å²) in [4.78, 5) is 0.369. The van der Waals surface area contributed by atoms with Crippen molar-refractivity contribution in [3.05, 3.63) is 121 Å². The van der Waals surface area contributed by atoms with Crippen molar-refractivity contribution in [1.29, 1.82) is 0 Å². The van der Waals surface area contributed by atoms with Crippen molar-refractivity contribution in [2.75, 3.05) is 0 Å². The van der Waals surface area contributed by atoms with Crippen LogP contribution in [0.4, 0.5) is 0 Å². The van der Waals surface area contributed by atoms with Gasteiger partial charge in [0.1, 0.15) is 0 Å². The monoisotopic (exact) mass is 610 g/mol. The minimum absolute atomic E-state index is 0.369. The summed E-state index contributed by atoms with van der Waals surface area (Å²) in [7, 11) is -6.22. The van der Waals surface area contributed by atoms with Gasteiger partial charge < -0.3 is 0 Å². The van der Waals surface area contributed by atoms with Gasteiger partial charge in [-0.15, -0.1) is 8.28 Å². The van der Waals surface area contributed by atoms with Crippen LogP contribution in [0.2, 0.25) is 0 Å². The fourth-order valence-corrected chi connectivity index (χ4v) is 22.3. The Balaban J connectivity index is 1.95. The molecule has 0 spiro atoms. The molecule has 0 aliphatic carbocycles. The van der Waals surface area contributed by atoms with E-state index >= 15 is 0 Å². The van der Waals surface area contributed by atoms with E-state index in [4.69, 9.17) is 38.2 Å². The van der Waals surface area contributed by atoms with E-state index in [9.17, 15) is 4.21 Å². The van der Waals surface area contributed by atoms with Crippen molar-refractivity contribution >= 4 is 79.2 Å². The summed E-state index contributed by atoms with van der Waals surface area (Å²) in [6, 6.07) is 38.4. The van der Waals surface area contributed by atoms with Crippen molar-refractivity contribution in [2.24, 2.45) is 17.3 Å². The Morgan fingerprint density at radius 3 is 1.44 bits per heavy atom. The van der Waals surface area contributed by atoms with Crippen LogP contribution in [0, 0.1) is 0 Å². The largest absolute Gasteiger partial charge is 0.289 e. The molecule has 4 aromatic carbocycles. The molecule has 0 saturated carbocycles. The topological polar surface area (TPSA) is 66.5 Å². The highest BCUT2D eigenvalue weighted by molar-refractivity contribution is 8.19. The first-order valence-electron chi connectivity index (χ1n) is 10.8. The fourth-order valence-electron chi connectivity index (χ4n) is 3.89. The summed E-state index contributed by atoms with van der Waals surface area (Å²) < 4.78 is 32.6. The molecule has 0 N–H and O–H groups in total. The van der Waals surface area contributed by atoms with Crippen LogP contribution < -0.4 is 15.9 Å². The molecule has 12 heteroatoms. The second-order valence-electron chi connectivity index (χ2n) is 7.74. The van der Waals surface area contributed by atoms with Crippen LogP contribution in [0.25, 0.3) is 0 Å². The third-order valence-electron chi connectivity index (χ3n) is 5.33. The molecule has 0 bridgehead atoms. The molecule has 0 radical (unpaired) electrons. The standard InChI is InChI=1S/C24H20Cl3N4OP3S/c25-34(26)29-35(27,31-36(32,30-34)24-19-11-4-12-20-24)28-33(21-13-5-1-6-14-21,22-15-7-2-8-16-22)23-17-9-3-10-18-23/h1-20H. The van der Waals surface area contributed by atoms with Gasteiger partial charge in [-0.2, -0.15) is 4.52 Å². The zero-order valence-electron chi connectivity index (χ0n) is 18.6. The molecular formula is C24H20Cl3N4OP3S. The molecule has 4 aromatic rings. The van der Waals surface area contributed by atoms with Crippen LogP contribution in [0.3, 0.4) is 0 Å². The molecule has 0 amide bonds. The number of benzene rings is 4. The lowest BCUT2D eigenvalue weighted by molar-refractivity contribution is 0.679. The van der Waals surface area contributed by atoms with E-state index in [1.807, 2.05) is 97.1 Å². The second kappa shape index (κ2) is 10.3. The molecule has 5 rings (SSSR count). The Bertz CT molecular complexity index is 1580. The van der Waals surface area contributed by atoms with Gasteiger partial charge in [0.2, 0.25) is 0 Å². The normalized spacial score (nSPS) is 23.0. The van der Waals surface area contributed by atoms with Gasteiger partial charge in [0.25, 0.3) is 12.6 Å². The van der Waals surface area contributed by atoms with E-state index in [0.29, 0.717) is 4.90 Å². The van der Waals surface area contributed by atoms with E-state index in [2.05, 4.69) is 12.8 Å². The first-order chi connectivity index (χ1) is 17.2. The smallest absolute Gasteiger partial charge is 0.220 e. The van der Waals surface area contributed by atoms with Crippen molar-refractivity contribution in [3.63, 3.8) is 0 Å². The molecule has 0 aromatic heterocycles. The number of rotatable bonds is 5. The number of nitrogens with zero attached hydrogens (tertiary/aromatic N) is 4. The number of hydrogen-bond acceptors (Lipinski definition) is 4. The number of halogens is 3. The van der Waals surface area contributed by atoms with Crippen molar-refractivity contribution in [1.82, 2.24) is 0 Å². The summed E-state index contributed by atoms with van der Waals surface area (Å²) in [5.41, 5.74) is 0. The van der Waals surface area contributed by atoms with Gasteiger partial charge >= 0.3 is 0 Å². The van der Waals surface area contributed by atoms with Crippen LogP contribution in [0.1, 0.15) is 0 Å². The highest BCUT2D eigenvalue weighted by atomic mass is 35.9. The Hall–Kier alpha value is -1.61. The highest BCUT2D eigenvalue weighted by Gasteiger charge is 2.36. The fraction of sp³-hybridized carbons (Fsp3) is 0. The summed E-state index contributed by atoms with van der Waals surface area (Å²) in [5, 5.41) is 2.86. The maximum Gasteiger partial charge on any atom is 0.289 e. The van der Waals surface area contributed by atoms with E-state index in [1.165, 1.54) is 0 Å². The first-order valence-corrected chi connectivity index (χ1v) is 20.0. The third-order valence-corrected chi connectivity index (χ3v) is 20.6. The van der Waals surface area contributed by atoms with Gasteiger partial charge in [0, 0.05) is 15.9 Å². The summed E-state index contributed by atoms with van der Waals surface area (Å²) in [6.07, 6.45) is 0. The molecular weight excluding hydrogens is 592 g/mol. The lowest BCUT2D eigenvalue weighted by Gasteiger charge is -2.29. The Labute approximate surface area is 225 Å². The van der Waals surface area contributed by atoms with Crippen LogP contribution >= 0.6 is 53.4 Å². The summed E-state index contributed by atoms with van der Waals surface area (Å²) in [6.45, 7) is -3.58. The second-order valence-corrected chi connectivity index (χ2v) is 21.4. The zero-order valence-corrected chi connectivity index (χ0v) is 24.4. The number of hydrogen-bond donors (Lipinski definition) is 0. The van der Waals surface area contributed by atoms with Gasteiger partial charge in [0.15, 0.2) is 9.92 Å². The molecule has 36 heavy (non-hydrogen) atoms. The zero-order chi connectivity index (χ0) is 25.3. The van der Waals surface area contributed by atoms with Crippen LogP contribution in [-0.4, -0.2) is 4.21 Å². The molecule has 1 heterocycles. The Kier molecular flexibility index (Phi) is 7.42. The molecule has 2 atom stereocenters. The highest BCUT2D eigenvalue weighted by Crippen LogP contribution is 2.79. The average molecular weight is 612 g/mol. The molecule has 184 valence electrons. The van der Waals surface area contributed by atoms with Crippen molar-refractivity contribution < 1.29 is 4.21 Å². The van der Waals surface area contributed by atoms with Crippen molar-refractivity contribution in [3.8, 4) is 0 Å². The summed E-state index contributed by atoms with van der Waals surface area (Å²) >= 11 is 20.3. The third kappa shape index (κ3) is 5.19. The minimum atomic E-state index is -3.58. The Morgan fingerprint density at radius 1 is 0.639 bits per heavy atom. The van der Waals surface area contributed by atoms with Gasteiger partial charge in [-0.25, -0.2) is 8.72 Å². The van der Waals surface area contributed by atoms with E-state index in [1.54, 1.807) is 24.3 Å². The van der Waals surface area contributed by atoms with E-state index in [0.717, 1.165) is 15.9 Å². The minimum Gasteiger partial charge on any atom is -0.220 e. The van der Waals surface area contributed by atoms with Crippen LogP contribution in [0.15, 0.2) is 144 Å². The van der Waals surface area contributed by atoms with Gasteiger partial charge in [-0.05, 0) is 45.9 Å². The van der Waals surface area contributed by atoms with Gasteiger partial charge in [-0.3, -0.25) is 0 Å². The molecule has 2 unspecified atom stereocenters. The quantitative estimate of drug-likeness (QED) is 0.208. The molecule has 1 aliphatic heterocycles. The predicted octanol–water partition coefficient (Wildman–Crippen LogP) is 9.23. The maximum absolute atomic E-state index is 14.1. The molecule has 0 fully saturated rings. The van der Waals surface area contributed by atoms with Gasteiger partial charge in [0.05, 0.1) is 11.9 Å². The lowest BCUT2D eigenvalue weighted by atomic mass is 10.4. The van der Waals surface area contributed by atoms with E-state index < -0.39 is 29.6 Å². The Morgan fingerprint density at radius 2 is 1.03 bits per heavy atom.